The maximum atomic E-state index is 13.8. The standard InChI is InChI=1S/C18H19F6N5O3S/c1-33(31,32)27-16-14-8-28(2-3-29(14)17(26-16)18(22,23)24)15(30)6-10(25)4-9-5-12(20)13(21)7-11(9)19/h5,7,10,27H,2-4,6,8,25H2,1H3. The Morgan fingerprint density at radius 3 is 2.42 bits per heavy atom. The Bertz CT molecular complexity index is 1180. The zero-order valence-electron chi connectivity index (χ0n) is 17.1. The molecule has 2 aromatic rings. The van der Waals surface area contributed by atoms with E-state index in [1.807, 2.05) is 4.72 Å². The van der Waals surface area contributed by atoms with Crippen molar-refractivity contribution in [3.8, 4) is 0 Å². The van der Waals surface area contributed by atoms with Crippen LogP contribution in [-0.4, -0.2) is 47.6 Å². The van der Waals surface area contributed by atoms with Gasteiger partial charge in [-0.05, 0) is 18.1 Å². The van der Waals surface area contributed by atoms with Crippen molar-refractivity contribution in [1.82, 2.24) is 14.5 Å². The van der Waals surface area contributed by atoms with Gasteiger partial charge in [-0.2, -0.15) is 13.2 Å². The Labute approximate surface area is 184 Å². The number of aromatic nitrogens is 2. The van der Waals surface area contributed by atoms with Crippen LogP contribution in [0.15, 0.2) is 12.1 Å². The summed E-state index contributed by atoms with van der Waals surface area (Å²) in [6, 6.07) is -0.00135. The topological polar surface area (TPSA) is 110 Å². The molecule has 0 bridgehead atoms. The fraction of sp³-hybridized carbons (Fsp3) is 0.444. The molecule has 0 aliphatic carbocycles. The molecule has 3 N–H and O–H groups in total. The van der Waals surface area contributed by atoms with Gasteiger partial charge in [-0.25, -0.2) is 26.6 Å². The highest BCUT2D eigenvalue weighted by atomic mass is 32.2. The van der Waals surface area contributed by atoms with Crippen molar-refractivity contribution in [3.63, 3.8) is 0 Å². The SMILES string of the molecule is CS(=O)(=O)Nc1nc(C(F)(F)F)n2c1CN(C(=O)CC(N)Cc1cc(F)c(F)cc1F)CC2. The van der Waals surface area contributed by atoms with Crippen LogP contribution in [0.5, 0.6) is 0 Å². The molecule has 0 saturated heterocycles. The van der Waals surface area contributed by atoms with E-state index in [-0.39, 0.29) is 43.7 Å². The number of sulfonamides is 1. The maximum Gasteiger partial charge on any atom is 0.449 e. The number of nitrogens with two attached hydrogens (primary N) is 1. The summed E-state index contributed by atoms with van der Waals surface area (Å²) in [6.45, 7) is -0.830. The second-order valence-corrected chi connectivity index (χ2v) is 9.34. The number of carbonyl (C=O) groups excluding carboxylic acids is 1. The van der Waals surface area contributed by atoms with Crippen LogP contribution in [0.25, 0.3) is 0 Å². The van der Waals surface area contributed by atoms with Gasteiger partial charge < -0.3 is 15.2 Å². The van der Waals surface area contributed by atoms with Gasteiger partial charge in [-0.15, -0.1) is 0 Å². The van der Waals surface area contributed by atoms with Gasteiger partial charge in [0.05, 0.1) is 18.5 Å². The number of hydrogen-bond acceptors (Lipinski definition) is 5. The highest BCUT2D eigenvalue weighted by molar-refractivity contribution is 7.92. The molecule has 1 unspecified atom stereocenters. The number of hydrogen-bond donors (Lipinski definition) is 2. The average molecular weight is 499 g/mol. The van der Waals surface area contributed by atoms with Crippen molar-refractivity contribution in [2.24, 2.45) is 5.73 Å². The van der Waals surface area contributed by atoms with Crippen molar-refractivity contribution in [1.29, 1.82) is 0 Å². The molecule has 0 fully saturated rings. The molecule has 3 rings (SSSR count). The quantitative estimate of drug-likeness (QED) is 0.467. The van der Waals surface area contributed by atoms with Gasteiger partial charge in [0.25, 0.3) is 0 Å². The third kappa shape index (κ3) is 5.76. The number of anilines is 1. The summed E-state index contributed by atoms with van der Waals surface area (Å²) < 4.78 is 106. The lowest BCUT2D eigenvalue weighted by Gasteiger charge is -2.30. The Morgan fingerprint density at radius 2 is 1.82 bits per heavy atom. The molecule has 1 aliphatic heterocycles. The molecular weight excluding hydrogens is 480 g/mol. The van der Waals surface area contributed by atoms with Crippen molar-refractivity contribution in [2.45, 2.75) is 38.1 Å². The molecule has 0 radical (unpaired) electrons. The molecular formula is C18H19F6N5O3S. The van der Waals surface area contributed by atoms with Crippen LogP contribution < -0.4 is 10.5 Å². The summed E-state index contributed by atoms with van der Waals surface area (Å²) >= 11 is 0. The van der Waals surface area contributed by atoms with E-state index < -0.39 is 57.2 Å². The zero-order chi connectivity index (χ0) is 24.7. The molecule has 0 saturated carbocycles. The van der Waals surface area contributed by atoms with Crippen LogP contribution in [0.2, 0.25) is 0 Å². The summed E-state index contributed by atoms with van der Waals surface area (Å²) in [6.07, 6.45) is -4.77. The first-order chi connectivity index (χ1) is 15.2. The summed E-state index contributed by atoms with van der Waals surface area (Å²) in [5.74, 6) is -6.13. The molecule has 2 heterocycles. The van der Waals surface area contributed by atoms with E-state index in [0.717, 1.165) is 15.7 Å². The highest BCUT2D eigenvalue weighted by Crippen LogP contribution is 2.34. The van der Waals surface area contributed by atoms with Gasteiger partial charge >= 0.3 is 6.18 Å². The van der Waals surface area contributed by atoms with E-state index in [2.05, 4.69) is 4.98 Å². The number of fused-ring (bicyclic) bond motifs is 1. The minimum absolute atomic E-state index is 0.143. The van der Waals surface area contributed by atoms with E-state index in [1.165, 1.54) is 0 Å². The molecule has 182 valence electrons. The van der Waals surface area contributed by atoms with Crippen molar-refractivity contribution in [3.05, 3.63) is 46.7 Å². The largest absolute Gasteiger partial charge is 0.449 e. The molecule has 1 aromatic carbocycles. The predicted molar refractivity (Wildman–Crippen MR) is 104 cm³/mol. The highest BCUT2D eigenvalue weighted by Gasteiger charge is 2.41. The van der Waals surface area contributed by atoms with Gasteiger partial charge in [-0.1, -0.05) is 0 Å². The van der Waals surface area contributed by atoms with Gasteiger partial charge in [0.2, 0.25) is 21.8 Å². The monoisotopic (exact) mass is 499 g/mol. The van der Waals surface area contributed by atoms with E-state index >= 15 is 0 Å². The van der Waals surface area contributed by atoms with E-state index in [1.54, 1.807) is 0 Å². The number of nitrogens with one attached hydrogen (secondary N) is 1. The van der Waals surface area contributed by atoms with Crippen LogP contribution in [0.1, 0.15) is 23.5 Å². The molecule has 1 amide bonds. The van der Waals surface area contributed by atoms with E-state index in [0.29, 0.717) is 12.1 Å². The van der Waals surface area contributed by atoms with E-state index in [9.17, 15) is 39.6 Å². The fourth-order valence-corrected chi connectivity index (χ4v) is 4.00. The maximum absolute atomic E-state index is 13.8. The van der Waals surface area contributed by atoms with Crippen molar-refractivity contribution in [2.75, 3.05) is 17.5 Å². The van der Waals surface area contributed by atoms with Gasteiger partial charge in [0.15, 0.2) is 17.5 Å². The van der Waals surface area contributed by atoms with E-state index in [4.69, 9.17) is 5.73 Å². The number of carbonyl (C=O) groups is 1. The lowest BCUT2D eigenvalue weighted by Crippen LogP contribution is -2.42. The number of amides is 1. The van der Waals surface area contributed by atoms with Gasteiger partial charge in [0, 0.05) is 31.6 Å². The molecule has 1 atom stereocenters. The first kappa shape index (κ1) is 24.8. The first-order valence-electron chi connectivity index (χ1n) is 9.47. The smallest absolute Gasteiger partial charge is 0.335 e. The lowest BCUT2D eigenvalue weighted by molar-refractivity contribution is -0.148. The van der Waals surface area contributed by atoms with Crippen molar-refractivity contribution < 1.29 is 39.6 Å². The second-order valence-electron chi connectivity index (χ2n) is 7.60. The van der Waals surface area contributed by atoms with Crippen LogP contribution in [-0.2, 0) is 40.5 Å². The first-order valence-corrected chi connectivity index (χ1v) is 11.4. The third-order valence-corrected chi connectivity index (χ3v) is 5.47. The van der Waals surface area contributed by atoms with Crippen molar-refractivity contribution >= 4 is 21.7 Å². The molecule has 1 aromatic heterocycles. The van der Waals surface area contributed by atoms with Gasteiger partial charge in [-0.3, -0.25) is 9.52 Å². The Kier molecular flexibility index (Phi) is 6.66. The molecule has 15 heteroatoms. The molecule has 33 heavy (non-hydrogen) atoms. The molecule has 8 nitrogen and oxygen atoms in total. The average Bonchev–Trinajstić information content (AvgIpc) is 3.02. The molecule has 1 aliphatic rings. The molecule has 0 spiro atoms. The number of nitrogens with zero attached hydrogens (tertiary/aromatic N) is 3. The Morgan fingerprint density at radius 1 is 1.18 bits per heavy atom. The number of alkyl halides is 3. The fourth-order valence-electron chi connectivity index (χ4n) is 3.48. The number of benzene rings is 1. The summed E-state index contributed by atoms with van der Waals surface area (Å²) in [4.78, 5) is 17.2. The number of imidazole rings is 1. The van der Waals surface area contributed by atoms with Crippen LogP contribution in [0, 0.1) is 17.5 Å². The van der Waals surface area contributed by atoms with Crippen LogP contribution in [0.3, 0.4) is 0 Å². The Balaban J connectivity index is 1.76. The normalized spacial score (nSPS) is 15.3. The zero-order valence-corrected chi connectivity index (χ0v) is 17.9. The summed E-state index contributed by atoms with van der Waals surface area (Å²) in [5.41, 5.74) is 5.46. The third-order valence-electron chi connectivity index (χ3n) is 4.90. The van der Waals surface area contributed by atoms with Crippen LogP contribution in [0.4, 0.5) is 32.2 Å². The summed E-state index contributed by atoms with van der Waals surface area (Å²) in [7, 11) is -3.95. The minimum atomic E-state index is -4.85. The Hall–Kier alpha value is -2.81. The van der Waals surface area contributed by atoms with Crippen LogP contribution >= 0.6 is 0 Å². The number of halogens is 6. The predicted octanol–water partition coefficient (Wildman–Crippen LogP) is 1.99. The lowest BCUT2D eigenvalue weighted by atomic mass is 10.0. The van der Waals surface area contributed by atoms with Gasteiger partial charge in [0.1, 0.15) is 5.82 Å². The minimum Gasteiger partial charge on any atom is -0.335 e. The second kappa shape index (κ2) is 8.85. The summed E-state index contributed by atoms with van der Waals surface area (Å²) in [5, 5.41) is 0. The number of rotatable bonds is 6.